The number of ether oxygens (including phenoxy) is 1. The minimum absolute atomic E-state index is 0. The van der Waals surface area contributed by atoms with Crippen LogP contribution in [0.25, 0.3) is 10.9 Å². The zero-order valence-corrected chi connectivity index (χ0v) is 22.1. The number of benzene rings is 2. The summed E-state index contributed by atoms with van der Waals surface area (Å²) >= 11 is 0. The van der Waals surface area contributed by atoms with Crippen LogP contribution in [0.15, 0.2) is 53.7 Å². The molecular weight excluding hydrogens is 529 g/mol. The van der Waals surface area contributed by atoms with Crippen molar-refractivity contribution in [2.75, 3.05) is 34.3 Å². The molecule has 2 aromatic carbocycles. The molecule has 1 amide bonds. The van der Waals surface area contributed by atoms with Crippen molar-refractivity contribution in [1.82, 2.24) is 20.5 Å². The zero-order valence-electron chi connectivity index (χ0n) is 19.8. The topological polar surface area (TPSA) is 81.8 Å². The number of amides is 1. The number of aromatic nitrogens is 1. The summed E-state index contributed by atoms with van der Waals surface area (Å²) in [5.41, 5.74) is 4.87. The van der Waals surface area contributed by atoms with Crippen molar-refractivity contribution in [1.29, 1.82) is 0 Å². The van der Waals surface area contributed by atoms with Crippen molar-refractivity contribution >= 4 is 46.7 Å². The fourth-order valence-electron chi connectivity index (χ4n) is 3.49. The van der Waals surface area contributed by atoms with Crippen molar-refractivity contribution in [2.45, 2.75) is 26.3 Å². The third-order valence-corrected chi connectivity index (χ3v) is 5.44. The minimum atomic E-state index is -0.00679. The van der Waals surface area contributed by atoms with Crippen LogP contribution in [-0.4, -0.2) is 56.0 Å². The minimum Gasteiger partial charge on any atom is -0.497 e. The van der Waals surface area contributed by atoms with Gasteiger partial charge in [-0.05, 0) is 41.7 Å². The molecule has 0 spiro atoms. The lowest BCUT2D eigenvalue weighted by atomic mass is 10.1. The molecule has 3 aromatic rings. The predicted octanol–water partition coefficient (Wildman–Crippen LogP) is 3.72. The normalized spacial score (nSPS) is 11.1. The molecule has 0 radical (unpaired) electrons. The molecule has 3 N–H and O–H groups in total. The smallest absolute Gasteiger partial charge is 0.241 e. The summed E-state index contributed by atoms with van der Waals surface area (Å²) < 4.78 is 5.21. The van der Waals surface area contributed by atoms with Crippen LogP contribution < -0.4 is 15.4 Å². The van der Waals surface area contributed by atoms with E-state index in [2.05, 4.69) is 51.9 Å². The van der Waals surface area contributed by atoms with E-state index >= 15 is 0 Å². The summed E-state index contributed by atoms with van der Waals surface area (Å²) in [6.45, 7) is 3.56. The number of nitrogens with one attached hydrogen (secondary N) is 3. The Balaban J connectivity index is 0.00000385. The first-order valence-electron chi connectivity index (χ1n) is 10.9. The molecule has 8 heteroatoms. The highest BCUT2D eigenvalue weighted by molar-refractivity contribution is 14.0. The number of likely N-dealkylation sites (N-methyl/N-ethyl adjacent to an activating group) is 1. The van der Waals surface area contributed by atoms with Gasteiger partial charge in [0.2, 0.25) is 5.91 Å². The molecule has 0 saturated heterocycles. The number of hydrogen-bond acceptors (Lipinski definition) is 3. The van der Waals surface area contributed by atoms with Crippen LogP contribution >= 0.6 is 24.0 Å². The number of guanidine groups is 1. The number of para-hydroxylation sites is 1. The van der Waals surface area contributed by atoms with Gasteiger partial charge in [-0.15, -0.1) is 24.0 Å². The van der Waals surface area contributed by atoms with Gasteiger partial charge >= 0.3 is 0 Å². The largest absolute Gasteiger partial charge is 0.497 e. The molecule has 0 unspecified atom stereocenters. The maximum atomic E-state index is 12.0. The highest BCUT2D eigenvalue weighted by Gasteiger charge is 2.09. The summed E-state index contributed by atoms with van der Waals surface area (Å²) in [6, 6.07) is 14.3. The lowest BCUT2D eigenvalue weighted by Gasteiger charge is -2.15. The molecule has 0 aliphatic carbocycles. The summed E-state index contributed by atoms with van der Waals surface area (Å²) in [4.78, 5) is 21.7. The Morgan fingerprint density at radius 1 is 1.09 bits per heavy atom. The van der Waals surface area contributed by atoms with E-state index in [0.29, 0.717) is 19.0 Å². The van der Waals surface area contributed by atoms with Gasteiger partial charge in [0.15, 0.2) is 5.96 Å². The predicted molar refractivity (Wildman–Crippen MR) is 146 cm³/mol. The lowest BCUT2D eigenvalue weighted by Crippen LogP contribution is -2.43. The summed E-state index contributed by atoms with van der Waals surface area (Å²) in [5, 5.41) is 7.77. The Morgan fingerprint density at radius 3 is 2.52 bits per heavy atom. The molecule has 0 bridgehead atoms. The Kier molecular flexibility index (Phi) is 10.5. The SMILES string of the molecule is CCc1cccc2c(CCNC(=NCc3ccc(OC)cc3)NCC(=O)N(C)C)c[nH]c12.I. The fourth-order valence-corrected chi connectivity index (χ4v) is 3.49. The number of H-pyrrole nitrogens is 1. The van der Waals surface area contributed by atoms with Crippen LogP contribution in [0.3, 0.4) is 0 Å². The van der Waals surface area contributed by atoms with E-state index < -0.39 is 0 Å². The number of aryl methyl sites for hydroxylation is 1. The standard InChI is InChI=1S/C25H33N5O2.HI/c1-5-19-7-6-8-22-20(16-27-24(19)22)13-14-26-25(29-17-23(31)30(2)3)28-15-18-9-11-21(32-4)12-10-18;/h6-12,16,27H,5,13-15,17H2,1-4H3,(H2,26,28,29);1H. The number of carbonyl (C=O) groups is 1. The van der Waals surface area contributed by atoms with E-state index in [-0.39, 0.29) is 36.4 Å². The van der Waals surface area contributed by atoms with Gasteiger partial charge in [0.25, 0.3) is 0 Å². The molecule has 0 aliphatic heterocycles. The number of hydrogen-bond donors (Lipinski definition) is 3. The second kappa shape index (κ2) is 13.1. The highest BCUT2D eigenvalue weighted by Crippen LogP contribution is 2.22. The molecular formula is C25H34IN5O2. The van der Waals surface area contributed by atoms with Crippen molar-refractivity contribution in [3.8, 4) is 5.75 Å². The Labute approximate surface area is 213 Å². The molecule has 1 aromatic heterocycles. The van der Waals surface area contributed by atoms with Gasteiger partial charge in [-0.1, -0.05) is 37.3 Å². The molecule has 0 fully saturated rings. The van der Waals surface area contributed by atoms with Crippen molar-refractivity contribution in [3.05, 3.63) is 65.4 Å². The molecule has 7 nitrogen and oxygen atoms in total. The Hall–Kier alpha value is -2.75. The maximum absolute atomic E-state index is 12.0. The number of nitrogens with zero attached hydrogens (tertiary/aromatic N) is 2. The third kappa shape index (κ3) is 7.38. The summed E-state index contributed by atoms with van der Waals surface area (Å²) in [5.74, 6) is 1.42. The van der Waals surface area contributed by atoms with Crippen LogP contribution in [0.4, 0.5) is 0 Å². The van der Waals surface area contributed by atoms with Crippen LogP contribution in [0.2, 0.25) is 0 Å². The van der Waals surface area contributed by atoms with E-state index in [1.54, 1.807) is 26.1 Å². The van der Waals surface area contributed by atoms with E-state index in [9.17, 15) is 4.79 Å². The summed E-state index contributed by atoms with van der Waals surface area (Å²) in [6.07, 6.45) is 3.93. The van der Waals surface area contributed by atoms with Gasteiger partial charge in [0.1, 0.15) is 5.75 Å². The lowest BCUT2D eigenvalue weighted by molar-refractivity contribution is -0.127. The van der Waals surface area contributed by atoms with E-state index in [4.69, 9.17) is 4.74 Å². The second-order valence-electron chi connectivity index (χ2n) is 7.84. The van der Waals surface area contributed by atoms with E-state index in [1.807, 2.05) is 24.3 Å². The number of rotatable bonds is 9. The second-order valence-corrected chi connectivity index (χ2v) is 7.84. The number of halogens is 1. The Bertz CT molecular complexity index is 1060. The van der Waals surface area contributed by atoms with Crippen molar-refractivity contribution in [2.24, 2.45) is 4.99 Å². The molecule has 1 heterocycles. The number of fused-ring (bicyclic) bond motifs is 1. The van der Waals surface area contributed by atoms with E-state index in [0.717, 1.165) is 24.2 Å². The maximum Gasteiger partial charge on any atom is 0.241 e. The van der Waals surface area contributed by atoms with Crippen molar-refractivity contribution in [3.63, 3.8) is 0 Å². The van der Waals surface area contributed by atoms with Crippen LogP contribution in [0.5, 0.6) is 5.75 Å². The van der Waals surface area contributed by atoms with E-state index in [1.165, 1.54) is 22.0 Å². The average molecular weight is 563 g/mol. The molecule has 178 valence electrons. The molecule has 3 rings (SSSR count). The van der Waals surface area contributed by atoms with Gasteiger partial charge in [0, 0.05) is 37.7 Å². The molecule has 0 aliphatic rings. The zero-order chi connectivity index (χ0) is 22.9. The van der Waals surface area contributed by atoms with Gasteiger partial charge in [0.05, 0.1) is 20.2 Å². The molecule has 33 heavy (non-hydrogen) atoms. The monoisotopic (exact) mass is 563 g/mol. The number of aliphatic imine (C=N–C) groups is 1. The van der Waals surface area contributed by atoms with Crippen LogP contribution in [-0.2, 0) is 24.2 Å². The van der Waals surface area contributed by atoms with Gasteiger partial charge < -0.3 is 25.3 Å². The van der Waals surface area contributed by atoms with Gasteiger partial charge in [-0.3, -0.25) is 4.79 Å². The number of aromatic amines is 1. The molecule has 0 atom stereocenters. The van der Waals surface area contributed by atoms with Crippen molar-refractivity contribution < 1.29 is 9.53 Å². The van der Waals surface area contributed by atoms with Crippen LogP contribution in [0.1, 0.15) is 23.6 Å². The highest BCUT2D eigenvalue weighted by atomic mass is 127. The first-order valence-corrected chi connectivity index (χ1v) is 10.9. The fraction of sp³-hybridized carbons (Fsp3) is 0.360. The van der Waals surface area contributed by atoms with Gasteiger partial charge in [-0.25, -0.2) is 4.99 Å². The first kappa shape index (κ1) is 26.5. The number of carbonyl (C=O) groups excluding carboxylic acids is 1. The summed E-state index contributed by atoms with van der Waals surface area (Å²) in [7, 11) is 5.14. The quantitative estimate of drug-likeness (QED) is 0.211. The van der Waals surface area contributed by atoms with Crippen LogP contribution in [0, 0.1) is 0 Å². The third-order valence-electron chi connectivity index (χ3n) is 5.44. The molecule has 0 saturated carbocycles. The Morgan fingerprint density at radius 2 is 1.85 bits per heavy atom. The average Bonchev–Trinajstić information content (AvgIpc) is 3.23. The first-order chi connectivity index (χ1) is 15.5. The van der Waals surface area contributed by atoms with Gasteiger partial charge in [-0.2, -0.15) is 0 Å². The number of methoxy groups -OCH3 is 1.